The SMILES string of the molecule is CN(c1ccc(OCC(=O)OCC(=O)c2ccccc2Br)cc1)S(=O)(=O)c1ccc2ccccc2c1. The van der Waals surface area contributed by atoms with Gasteiger partial charge in [0.15, 0.2) is 13.2 Å². The second-order valence-corrected chi connectivity index (χ2v) is 10.7. The quantitative estimate of drug-likeness (QED) is 0.203. The topological polar surface area (TPSA) is 90.0 Å². The number of fused-ring (bicyclic) bond motifs is 1. The molecule has 0 saturated carbocycles. The van der Waals surface area contributed by atoms with Crippen LogP contribution in [0.25, 0.3) is 10.8 Å². The van der Waals surface area contributed by atoms with Gasteiger partial charge in [0, 0.05) is 17.1 Å². The van der Waals surface area contributed by atoms with Gasteiger partial charge < -0.3 is 9.47 Å². The predicted molar refractivity (Wildman–Crippen MR) is 141 cm³/mol. The molecule has 36 heavy (non-hydrogen) atoms. The van der Waals surface area contributed by atoms with E-state index in [2.05, 4.69) is 15.9 Å². The first-order valence-corrected chi connectivity index (χ1v) is 13.1. The van der Waals surface area contributed by atoms with Crippen LogP contribution in [0.2, 0.25) is 0 Å². The van der Waals surface area contributed by atoms with Crippen LogP contribution in [0.3, 0.4) is 0 Å². The van der Waals surface area contributed by atoms with E-state index in [0.29, 0.717) is 21.5 Å². The van der Waals surface area contributed by atoms with Crippen LogP contribution in [0, 0.1) is 0 Å². The number of nitrogens with zero attached hydrogens (tertiary/aromatic N) is 1. The minimum absolute atomic E-state index is 0.184. The van der Waals surface area contributed by atoms with E-state index < -0.39 is 29.2 Å². The van der Waals surface area contributed by atoms with Crippen molar-refractivity contribution < 1.29 is 27.5 Å². The summed E-state index contributed by atoms with van der Waals surface area (Å²) in [6.07, 6.45) is 0. The smallest absolute Gasteiger partial charge is 0.344 e. The van der Waals surface area contributed by atoms with Gasteiger partial charge in [0.1, 0.15) is 5.75 Å². The average Bonchev–Trinajstić information content (AvgIpc) is 2.90. The molecule has 0 N–H and O–H groups in total. The molecular weight excluding hydrogens is 546 g/mol. The van der Waals surface area contributed by atoms with E-state index in [9.17, 15) is 18.0 Å². The lowest BCUT2D eigenvalue weighted by Crippen LogP contribution is -2.26. The molecule has 4 rings (SSSR count). The van der Waals surface area contributed by atoms with Crippen LogP contribution in [0.5, 0.6) is 5.75 Å². The summed E-state index contributed by atoms with van der Waals surface area (Å²) in [5.74, 6) is -0.685. The van der Waals surface area contributed by atoms with Crippen molar-refractivity contribution in [1.29, 1.82) is 0 Å². The van der Waals surface area contributed by atoms with Crippen LogP contribution in [0.1, 0.15) is 10.4 Å². The van der Waals surface area contributed by atoms with Gasteiger partial charge in [-0.05, 0) is 53.2 Å². The number of anilines is 1. The van der Waals surface area contributed by atoms with Gasteiger partial charge in [0.2, 0.25) is 5.78 Å². The van der Waals surface area contributed by atoms with Crippen LogP contribution >= 0.6 is 15.9 Å². The molecule has 0 aliphatic rings. The molecular formula is C27H22BrNO6S. The normalized spacial score (nSPS) is 11.2. The van der Waals surface area contributed by atoms with E-state index in [1.807, 2.05) is 24.3 Å². The standard InChI is InChI=1S/C27H22BrNO6S/c1-29(36(32,33)23-15-10-19-6-2-3-7-20(19)16-23)21-11-13-22(14-12-21)34-18-27(31)35-17-26(30)24-8-4-5-9-25(24)28/h2-16H,17-18H2,1H3. The van der Waals surface area contributed by atoms with Gasteiger partial charge in [-0.25, -0.2) is 13.2 Å². The minimum atomic E-state index is -3.78. The van der Waals surface area contributed by atoms with Crippen molar-refractivity contribution in [2.24, 2.45) is 0 Å². The maximum Gasteiger partial charge on any atom is 0.344 e. The van der Waals surface area contributed by atoms with Crippen LogP contribution in [0.4, 0.5) is 5.69 Å². The molecule has 4 aromatic rings. The number of hydrogen-bond donors (Lipinski definition) is 0. The Bertz CT molecular complexity index is 1520. The second kappa shape index (κ2) is 10.9. The van der Waals surface area contributed by atoms with Crippen LogP contribution in [-0.2, 0) is 19.6 Å². The summed E-state index contributed by atoms with van der Waals surface area (Å²) in [6, 6.07) is 25.7. The van der Waals surface area contributed by atoms with Crippen molar-refractivity contribution >= 4 is 54.2 Å². The van der Waals surface area contributed by atoms with Crippen molar-refractivity contribution in [1.82, 2.24) is 0 Å². The highest BCUT2D eigenvalue weighted by atomic mass is 79.9. The van der Waals surface area contributed by atoms with Crippen molar-refractivity contribution in [2.45, 2.75) is 4.90 Å². The number of esters is 1. The van der Waals surface area contributed by atoms with Crippen molar-refractivity contribution in [2.75, 3.05) is 24.6 Å². The lowest BCUT2D eigenvalue weighted by molar-refractivity contribution is -0.144. The predicted octanol–water partition coefficient (Wildman–Crippen LogP) is 5.23. The maximum atomic E-state index is 13.1. The summed E-state index contributed by atoms with van der Waals surface area (Å²) < 4.78 is 38.5. The number of rotatable bonds is 9. The van der Waals surface area contributed by atoms with Gasteiger partial charge in [-0.3, -0.25) is 9.10 Å². The Hall–Kier alpha value is -3.69. The lowest BCUT2D eigenvalue weighted by Gasteiger charge is -2.20. The second-order valence-electron chi connectivity index (χ2n) is 7.83. The third-order valence-corrected chi connectivity index (χ3v) is 7.95. The molecule has 184 valence electrons. The van der Waals surface area contributed by atoms with Crippen molar-refractivity contribution in [3.63, 3.8) is 0 Å². The molecule has 0 spiro atoms. The van der Waals surface area contributed by atoms with E-state index in [-0.39, 0.29) is 10.7 Å². The van der Waals surface area contributed by atoms with E-state index >= 15 is 0 Å². The van der Waals surface area contributed by atoms with Crippen LogP contribution in [0.15, 0.2) is 100 Å². The molecule has 0 atom stereocenters. The Morgan fingerprint density at radius 3 is 2.22 bits per heavy atom. The fourth-order valence-electron chi connectivity index (χ4n) is 3.47. The molecule has 9 heteroatoms. The summed E-state index contributed by atoms with van der Waals surface area (Å²) >= 11 is 3.29. The fourth-order valence-corrected chi connectivity index (χ4v) is 5.21. The lowest BCUT2D eigenvalue weighted by atomic mass is 10.1. The summed E-state index contributed by atoms with van der Waals surface area (Å²) in [6.45, 7) is -0.797. The molecule has 0 fully saturated rings. The van der Waals surface area contributed by atoms with Crippen LogP contribution < -0.4 is 9.04 Å². The van der Waals surface area contributed by atoms with Gasteiger partial charge in [-0.1, -0.05) is 64.5 Å². The molecule has 0 aliphatic heterocycles. The Morgan fingerprint density at radius 1 is 0.833 bits per heavy atom. The summed E-state index contributed by atoms with van der Waals surface area (Å²) in [4.78, 5) is 24.4. The van der Waals surface area contributed by atoms with E-state index in [4.69, 9.17) is 9.47 Å². The minimum Gasteiger partial charge on any atom is -0.482 e. The summed E-state index contributed by atoms with van der Waals surface area (Å²) in [5, 5.41) is 1.79. The summed E-state index contributed by atoms with van der Waals surface area (Å²) in [5.41, 5.74) is 0.849. The number of Topliss-reactive ketones (excluding diaryl/α,β-unsaturated/α-hetero) is 1. The highest BCUT2D eigenvalue weighted by molar-refractivity contribution is 9.10. The number of halogens is 1. The van der Waals surface area contributed by atoms with Gasteiger partial charge in [0.25, 0.3) is 10.0 Å². The third-order valence-electron chi connectivity index (χ3n) is 5.47. The molecule has 0 heterocycles. The zero-order chi connectivity index (χ0) is 25.7. The zero-order valence-corrected chi connectivity index (χ0v) is 21.7. The average molecular weight is 568 g/mol. The first-order chi connectivity index (χ1) is 17.3. The largest absolute Gasteiger partial charge is 0.482 e. The molecule has 0 saturated heterocycles. The molecule has 0 bridgehead atoms. The van der Waals surface area contributed by atoms with Crippen molar-refractivity contribution in [3.8, 4) is 5.75 Å². The highest BCUT2D eigenvalue weighted by Gasteiger charge is 2.22. The molecule has 4 aromatic carbocycles. The van der Waals surface area contributed by atoms with Crippen LogP contribution in [-0.4, -0.2) is 40.4 Å². The highest BCUT2D eigenvalue weighted by Crippen LogP contribution is 2.26. The summed E-state index contributed by atoms with van der Waals surface area (Å²) in [7, 11) is -2.31. The first-order valence-electron chi connectivity index (χ1n) is 10.9. The fraction of sp³-hybridized carbons (Fsp3) is 0.111. The number of ketones is 1. The van der Waals surface area contributed by atoms with Gasteiger partial charge in [0.05, 0.1) is 10.6 Å². The van der Waals surface area contributed by atoms with Gasteiger partial charge >= 0.3 is 5.97 Å². The molecule has 0 aromatic heterocycles. The molecule has 0 aliphatic carbocycles. The van der Waals surface area contributed by atoms with E-state index in [0.717, 1.165) is 10.8 Å². The van der Waals surface area contributed by atoms with Gasteiger partial charge in [-0.15, -0.1) is 0 Å². The number of benzene rings is 4. The third kappa shape index (κ3) is 5.75. The van der Waals surface area contributed by atoms with E-state index in [1.54, 1.807) is 66.7 Å². The number of hydrogen-bond acceptors (Lipinski definition) is 6. The number of carbonyl (C=O) groups excluding carboxylic acids is 2. The molecule has 0 unspecified atom stereocenters. The van der Waals surface area contributed by atoms with Gasteiger partial charge in [-0.2, -0.15) is 0 Å². The maximum absolute atomic E-state index is 13.1. The Kier molecular flexibility index (Phi) is 7.71. The van der Waals surface area contributed by atoms with Crippen molar-refractivity contribution in [3.05, 3.63) is 101 Å². The first kappa shape index (κ1) is 25.4. The molecule has 0 radical (unpaired) electrons. The number of sulfonamides is 1. The Labute approximate surface area is 217 Å². The van der Waals surface area contributed by atoms with E-state index in [1.165, 1.54) is 11.4 Å². The monoisotopic (exact) mass is 567 g/mol. The number of ether oxygens (including phenoxy) is 2. The molecule has 7 nitrogen and oxygen atoms in total. The molecule has 0 amide bonds. The number of carbonyl (C=O) groups is 2. The Balaban J connectivity index is 1.34. The zero-order valence-electron chi connectivity index (χ0n) is 19.3. The Morgan fingerprint density at radius 2 is 1.50 bits per heavy atom.